The van der Waals surface area contributed by atoms with Gasteiger partial charge >= 0.3 is 5.97 Å². The molecule has 8 nitrogen and oxygen atoms in total. The van der Waals surface area contributed by atoms with E-state index in [4.69, 9.17) is 9.47 Å². The molecule has 0 atom stereocenters. The molecule has 31 heavy (non-hydrogen) atoms. The van der Waals surface area contributed by atoms with Crippen molar-refractivity contribution in [3.8, 4) is 5.75 Å². The second-order valence-electron chi connectivity index (χ2n) is 6.43. The Morgan fingerprint density at radius 1 is 1.13 bits per heavy atom. The molecule has 3 aromatic rings. The van der Waals surface area contributed by atoms with Gasteiger partial charge in [-0.15, -0.1) is 0 Å². The smallest absolute Gasteiger partial charge is 0.326 e. The van der Waals surface area contributed by atoms with Crippen LogP contribution in [0.25, 0.3) is 10.2 Å². The van der Waals surface area contributed by atoms with Crippen LogP contribution in [0.1, 0.15) is 24.2 Å². The van der Waals surface area contributed by atoms with Gasteiger partial charge in [-0.3, -0.25) is 9.59 Å². The highest BCUT2D eigenvalue weighted by atomic mass is 32.2. The first-order valence-electron chi connectivity index (χ1n) is 9.54. The summed E-state index contributed by atoms with van der Waals surface area (Å²) >= 11 is 1.19. The third kappa shape index (κ3) is 4.86. The zero-order chi connectivity index (χ0) is 22.6. The van der Waals surface area contributed by atoms with E-state index in [1.807, 2.05) is 0 Å². The van der Waals surface area contributed by atoms with Gasteiger partial charge in [0.05, 0.1) is 40.1 Å². The van der Waals surface area contributed by atoms with E-state index < -0.39 is 21.7 Å². The van der Waals surface area contributed by atoms with Crippen molar-refractivity contribution in [1.82, 2.24) is 4.57 Å². The van der Waals surface area contributed by atoms with Gasteiger partial charge in [0.25, 0.3) is 5.91 Å². The Hall–Kier alpha value is -2.98. The van der Waals surface area contributed by atoms with Gasteiger partial charge in [0.15, 0.2) is 14.6 Å². The Labute approximate surface area is 183 Å². The number of hydrogen-bond donors (Lipinski definition) is 0. The summed E-state index contributed by atoms with van der Waals surface area (Å²) in [5, 5.41) is 0. The third-order valence-corrected chi connectivity index (χ3v) is 7.34. The molecule has 0 saturated carbocycles. The Morgan fingerprint density at radius 3 is 2.55 bits per heavy atom. The molecule has 10 heteroatoms. The number of rotatable bonds is 7. The molecular weight excluding hydrogens is 440 g/mol. The van der Waals surface area contributed by atoms with Crippen LogP contribution in [0.5, 0.6) is 5.75 Å². The largest absolute Gasteiger partial charge is 0.497 e. The highest BCUT2D eigenvalue weighted by molar-refractivity contribution is 7.91. The number of carbonyl (C=O) groups excluding carboxylic acids is 2. The fourth-order valence-corrected chi connectivity index (χ4v) is 5.12. The van der Waals surface area contributed by atoms with Crippen molar-refractivity contribution < 1.29 is 27.5 Å². The molecule has 1 aromatic heterocycles. The minimum Gasteiger partial charge on any atom is -0.497 e. The van der Waals surface area contributed by atoms with Crippen molar-refractivity contribution in [2.45, 2.75) is 25.3 Å². The van der Waals surface area contributed by atoms with E-state index in [-0.39, 0.29) is 34.2 Å². The molecule has 1 heterocycles. The molecule has 0 unspecified atom stereocenters. The van der Waals surface area contributed by atoms with Crippen molar-refractivity contribution in [1.29, 1.82) is 0 Å². The lowest BCUT2D eigenvalue weighted by molar-refractivity contribution is -0.143. The molecule has 3 rings (SSSR count). The van der Waals surface area contributed by atoms with Gasteiger partial charge in [-0.05, 0) is 37.3 Å². The first-order valence-corrected chi connectivity index (χ1v) is 12.0. The molecule has 0 aliphatic heterocycles. The number of amides is 1. The SMILES string of the molecule is CCOC(=O)Cn1c(=NC(=O)c2ccccc2S(=O)(=O)CC)sc2cc(OC)ccc21. The Morgan fingerprint density at radius 2 is 1.87 bits per heavy atom. The molecule has 2 aromatic carbocycles. The van der Waals surface area contributed by atoms with Gasteiger partial charge in [-0.25, -0.2) is 8.42 Å². The van der Waals surface area contributed by atoms with Crippen molar-refractivity contribution in [3.63, 3.8) is 0 Å². The number of hydrogen-bond acceptors (Lipinski definition) is 7. The molecule has 164 valence electrons. The van der Waals surface area contributed by atoms with Crippen LogP contribution in [-0.2, 0) is 25.9 Å². The third-order valence-electron chi connectivity index (χ3n) is 4.51. The van der Waals surface area contributed by atoms with Gasteiger partial charge in [0, 0.05) is 0 Å². The monoisotopic (exact) mass is 462 g/mol. The fraction of sp³-hybridized carbons (Fsp3) is 0.286. The molecule has 0 fully saturated rings. The van der Waals surface area contributed by atoms with Crippen molar-refractivity contribution in [2.24, 2.45) is 4.99 Å². The standard InChI is InChI=1S/C21H22N2O6S2/c1-4-29-19(24)13-23-16-11-10-14(28-3)12-17(16)30-21(23)22-20(25)15-8-6-7-9-18(15)31(26,27)5-2/h6-12H,4-5,13H2,1-3H3. The summed E-state index contributed by atoms with van der Waals surface area (Å²) in [6, 6.07) is 11.3. The summed E-state index contributed by atoms with van der Waals surface area (Å²) in [5.74, 6) is -0.693. The number of nitrogens with zero attached hydrogens (tertiary/aromatic N) is 2. The van der Waals surface area contributed by atoms with E-state index >= 15 is 0 Å². The Kier molecular flexibility index (Phi) is 6.91. The van der Waals surface area contributed by atoms with Crippen LogP contribution in [0.4, 0.5) is 0 Å². The summed E-state index contributed by atoms with van der Waals surface area (Å²) in [5.41, 5.74) is 0.668. The van der Waals surface area contributed by atoms with Crippen LogP contribution < -0.4 is 9.54 Å². The first kappa shape index (κ1) is 22.7. The summed E-state index contributed by atoms with van der Waals surface area (Å²) in [4.78, 5) is 29.5. The number of fused-ring (bicyclic) bond motifs is 1. The Bertz CT molecular complexity index is 1300. The minimum absolute atomic E-state index is 0.0120. The quantitative estimate of drug-likeness (QED) is 0.500. The number of carbonyl (C=O) groups is 2. The normalized spacial score (nSPS) is 12.2. The minimum atomic E-state index is -3.61. The topological polar surface area (TPSA) is 104 Å². The number of sulfone groups is 1. The zero-order valence-corrected chi connectivity index (χ0v) is 19.0. The van der Waals surface area contributed by atoms with Gasteiger partial charge in [-0.1, -0.05) is 30.4 Å². The van der Waals surface area contributed by atoms with E-state index in [1.54, 1.807) is 48.9 Å². The second-order valence-corrected chi connectivity index (χ2v) is 9.68. The number of thiazole rings is 1. The molecule has 0 N–H and O–H groups in total. The summed E-state index contributed by atoms with van der Waals surface area (Å²) in [7, 11) is -2.07. The fourth-order valence-electron chi connectivity index (χ4n) is 2.97. The molecule has 0 aliphatic carbocycles. The molecular formula is C21H22N2O6S2. The highest BCUT2D eigenvalue weighted by Gasteiger charge is 2.21. The number of benzene rings is 2. The average Bonchev–Trinajstić information content (AvgIpc) is 3.09. The van der Waals surface area contributed by atoms with E-state index in [9.17, 15) is 18.0 Å². The maximum absolute atomic E-state index is 13.0. The van der Waals surface area contributed by atoms with Crippen molar-refractivity contribution in [3.05, 3.63) is 52.8 Å². The van der Waals surface area contributed by atoms with Crippen molar-refractivity contribution >= 4 is 43.3 Å². The van der Waals surface area contributed by atoms with Gasteiger partial charge < -0.3 is 14.0 Å². The molecule has 0 bridgehead atoms. The predicted octanol–water partition coefficient (Wildman–Crippen LogP) is 2.81. The van der Waals surface area contributed by atoms with E-state index in [0.29, 0.717) is 11.3 Å². The molecule has 0 saturated heterocycles. The number of ether oxygens (including phenoxy) is 2. The van der Waals surface area contributed by atoms with Crippen LogP contribution in [0.3, 0.4) is 0 Å². The lowest BCUT2D eigenvalue weighted by Crippen LogP contribution is -2.23. The van der Waals surface area contributed by atoms with E-state index in [1.165, 1.54) is 30.4 Å². The summed E-state index contributed by atoms with van der Waals surface area (Å²) in [6.45, 7) is 3.31. The van der Waals surface area contributed by atoms with E-state index in [0.717, 1.165) is 4.70 Å². The number of aromatic nitrogens is 1. The molecule has 1 amide bonds. The lowest BCUT2D eigenvalue weighted by Gasteiger charge is -2.07. The number of methoxy groups -OCH3 is 1. The molecule has 0 aliphatic rings. The molecule has 0 spiro atoms. The summed E-state index contributed by atoms with van der Waals surface area (Å²) < 4.78 is 37.4. The van der Waals surface area contributed by atoms with Crippen LogP contribution in [0.2, 0.25) is 0 Å². The van der Waals surface area contributed by atoms with Gasteiger partial charge in [0.2, 0.25) is 0 Å². The number of esters is 1. The van der Waals surface area contributed by atoms with Crippen molar-refractivity contribution in [2.75, 3.05) is 19.5 Å². The first-order chi connectivity index (χ1) is 14.8. The van der Waals surface area contributed by atoms with Gasteiger partial charge in [0.1, 0.15) is 12.3 Å². The highest BCUT2D eigenvalue weighted by Crippen LogP contribution is 2.24. The maximum Gasteiger partial charge on any atom is 0.326 e. The average molecular weight is 463 g/mol. The summed E-state index contributed by atoms with van der Waals surface area (Å²) in [6.07, 6.45) is 0. The molecule has 0 radical (unpaired) electrons. The van der Waals surface area contributed by atoms with Crippen LogP contribution in [-0.4, -0.2) is 44.3 Å². The van der Waals surface area contributed by atoms with E-state index in [2.05, 4.69) is 4.99 Å². The second kappa shape index (κ2) is 9.44. The maximum atomic E-state index is 13.0. The van der Waals surface area contributed by atoms with Crippen LogP contribution in [0.15, 0.2) is 52.4 Å². The van der Waals surface area contributed by atoms with Crippen LogP contribution >= 0.6 is 11.3 Å². The van der Waals surface area contributed by atoms with Crippen LogP contribution in [0, 0.1) is 0 Å². The lowest BCUT2D eigenvalue weighted by atomic mass is 10.2. The van der Waals surface area contributed by atoms with Gasteiger partial charge in [-0.2, -0.15) is 4.99 Å². The zero-order valence-electron chi connectivity index (χ0n) is 17.3. The Balaban J connectivity index is 2.18. The predicted molar refractivity (Wildman–Crippen MR) is 117 cm³/mol.